The van der Waals surface area contributed by atoms with E-state index in [1.165, 1.54) is 79.4 Å². The Bertz CT molecular complexity index is 2100. The summed E-state index contributed by atoms with van der Waals surface area (Å²) in [6, 6.07) is 0. The molecule has 0 amide bonds. The van der Waals surface area contributed by atoms with Gasteiger partial charge in [0.1, 0.15) is 12.0 Å². The molecule has 12 heteroatoms. The number of carbonyl (C=O) groups excluding carboxylic acids is 2. The molecule has 0 bridgehead atoms. The molecule has 8 rings (SSSR count). The number of sulfone groups is 1. The Morgan fingerprint density at radius 3 is 2.33 bits per heavy atom. The van der Waals surface area contributed by atoms with Crippen molar-refractivity contribution < 1.29 is 32.2 Å². The summed E-state index contributed by atoms with van der Waals surface area (Å²) in [7, 11) is -2.88. The first-order valence-corrected chi connectivity index (χ1v) is 27.1. The highest BCUT2D eigenvalue weighted by molar-refractivity contribution is 7.91. The molecular weight excluding hydrogens is 831 g/mol. The van der Waals surface area contributed by atoms with Crippen LogP contribution < -0.4 is 10.1 Å². The number of carbonyl (C=O) groups is 2. The highest BCUT2D eigenvalue weighted by atomic mass is 32.2. The Balaban J connectivity index is 0.996. The fourth-order valence-electron chi connectivity index (χ4n) is 15.7. The van der Waals surface area contributed by atoms with Gasteiger partial charge >= 0.3 is 11.9 Å². The van der Waals surface area contributed by atoms with E-state index in [2.05, 4.69) is 75.5 Å². The largest absolute Gasteiger partial charge is 0.469 e. The Kier molecular flexibility index (Phi) is 12.9. The quantitative estimate of drug-likeness (QED) is 0.151. The number of hydrogen-bond donors (Lipinski definition) is 1. The molecule has 7 aliphatic rings. The summed E-state index contributed by atoms with van der Waals surface area (Å²) in [5, 5.41) is 6.22. The van der Waals surface area contributed by atoms with Crippen molar-refractivity contribution in [1.82, 2.24) is 15.2 Å². The lowest BCUT2D eigenvalue weighted by Crippen LogP contribution is -2.68. The summed E-state index contributed by atoms with van der Waals surface area (Å²) in [5.41, 5.74) is 4.41. The molecule has 0 aromatic carbocycles. The summed E-state index contributed by atoms with van der Waals surface area (Å²) in [6.07, 6.45) is 18.0. The first-order chi connectivity index (χ1) is 29.8. The van der Waals surface area contributed by atoms with Crippen LogP contribution in [0.15, 0.2) is 40.8 Å². The number of allylic oxidation sites excluding steroid dienone is 5. The van der Waals surface area contributed by atoms with Crippen LogP contribution in [0.2, 0.25) is 0 Å². The minimum Gasteiger partial charge on any atom is -0.469 e. The van der Waals surface area contributed by atoms with Crippen molar-refractivity contribution in [2.75, 3.05) is 57.5 Å². The van der Waals surface area contributed by atoms with Crippen LogP contribution in [-0.4, -0.2) is 93.3 Å². The zero-order valence-corrected chi connectivity index (χ0v) is 41.4. The van der Waals surface area contributed by atoms with Gasteiger partial charge in [-0.05, 0) is 160 Å². The molecule has 1 aliphatic heterocycles. The molecule has 10 atom stereocenters. The molecule has 1 N–H and O–H groups in total. The normalized spacial score (nSPS) is 39.3. The van der Waals surface area contributed by atoms with Crippen molar-refractivity contribution in [3.8, 4) is 5.19 Å². The zero-order valence-electron chi connectivity index (χ0n) is 39.7. The van der Waals surface area contributed by atoms with Gasteiger partial charge in [0.2, 0.25) is 0 Å². The molecule has 63 heavy (non-hydrogen) atoms. The molecule has 2 heterocycles. The minimum absolute atomic E-state index is 0.0105. The maximum atomic E-state index is 13.7. The number of ether oxygens (including phenoxy) is 3. The Morgan fingerprint density at radius 1 is 0.905 bits per heavy atom. The van der Waals surface area contributed by atoms with Crippen molar-refractivity contribution >= 4 is 33.1 Å². The first kappa shape index (κ1) is 47.0. The monoisotopic (exact) mass is 908 g/mol. The second-order valence-electron chi connectivity index (χ2n) is 22.2. The van der Waals surface area contributed by atoms with Crippen LogP contribution in [0.5, 0.6) is 5.19 Å². The number of hydrogen-bond acceptors (Lipinski definition) is 11. The molecule has 0 spiro atoms. The van der Waals surface area contributed by atoms with E-state index in [0.717, 1.165) is 25.9 Å². The van der Waals surface area contributed by atoms with Crippen LogP contribution in [0, 0.1) is 56.7 Å². The Hall–Kier alpha value is -2.54. The fourth-order valence-corrected chi connectivity index (χ4v) is 17.6. The Labute approximate surface area is 382 Å². The standard InChI is InChI=1S/C51H77N3O7S2/c1-10-59-43(55)39-32-62-45(53-39)61-33-50(44(56)60-11-2)21-14-35(15-22-50)37-17-19-47(7)40(46(37,5)6)18-20-49(9)41(47)13-12-38-42-36(34(3)4)16-23-51(42,25-24-48(38,49)8)52-26-27-54-28-30-63(57,58)31-29-54/h14,17,32,36,38,40-42,52H,3,10-13,15-16,18-31,33H2,1-2,4-9H3/t36?,38-,40?,41?,42?,47+,48-,49-,50?,51+/m1/s1. The number of nitrogens with one attached hydrogen (secondary N) is 1. The van der Waals surface area contributed by atoms with Crippen molar-refractivity contribution in [2.45, 2.75) is 138 Å². The fraction of sp³-hybridized carbons (Fsp3) is 0.784. The van der Waals surface area contributed by atoms with Gasteiger partial charge in [-0.1, -0.05) is 70.3 Å². The third kappa shape index (κ3) is 8.02. The number of fused-ring (bicyclic) bond motifs is 7. The van der Waals surface area contributed by atoms with Crippen molar-refractivity contribution in [2.24, 2.45) is 56.7 Å². The van der Waals surface area contributed by atoms with Gasteiger partial charge in [-0.25, -0.2) is 13.2 Å². The molecule has 0 radical (unpaired) electrons. The van der Waals surface area contributed by atoms with Gasteiger partial charge in [-0.15, -0.1) is 0 Å². The summed E-state index contributed by atoms with van der Waals surface area (Å²) in [6.45, 7) is 27.5. The number of esters is 2. The van der Waals surface area contributed by atoms with Gasteiger partial charge < -0.3 is 24.4 Å². The van der Waals surface area contributed by atoms with E-state index in [4.69, 9.17) is 14.2 Å². The molecular formula is C51H77N3O7S2. The highest BCUT2D eigenvalue weighted by Gasteiger charge is 2.70. The number of aromatic nitrogens is 1. The van der Waals surface area contributed by atoms with E-state index in [1.807, 2.05) is 6.92 Å². The number of rotatable bonds is 13. The second kappa shape index (κ2) is 17.3. The predicted octanol–water partition coefficient (Wildman–Crippen LogP) is 9.62. The maximum Gasteiger partial charge on any atom is 0.357 e. The summed E-state index contributed by atoms with van der Waals surface area (Å²) < 4.78 is 41.2. The Morgan fingerprint density at radius 2 is 1.65 bits per heavy atom. The molecule has 5 unspecified atom stereocenters. The molecule has 1 saturated heterocycles. The van der Waals surface area contributed by atoms with Crippen molar-refractivity contribution in [3.05, 3.63) is 46.5 Å². The van der Waals surface area contributed by atoms with Gasteiger partial charge in [-0.3, -0.25) is 4.79 Å². The predicted molar refractivity (Wildman–Crippen MR) is 250 cm³/mol. The van der Waals surface area contributed by atoms with Gasteiger partial charge in [0.25, 0.3) is 5.19 Å². The first-order valence-electron chi connectivity index (χ1n) is 24.4. The zero-order chi connectivity index (χ0) is 45.2. The molecule has 10 nitrogen and oxygen atoms in total. The van der Waals surface area contributed by atoms with Gasteiger partial charge in [0.05, 0.1) is 24.7 Å². The lowest BCUT2D eigenvalue weighted by atomic mass is 9.33. The van der Waals surface area contributed by atoms with Crippen LogP contribution in [-0.2, 0) is 24.1 Å². The van der Waals surface area contributed by atoms with Crippen LogP contribution in [0.4, 0.5) is 0 Å². The van der Waals surface area contributed by atoms with E-state index in [1.54, 1.807) is 12.3 Å². The molecule has 1 aromatic heterocycles. The summed E-state index contributed by atoms with van der Waals surface area (Å²) in [4.78, 5) is 32.6. The average molecular weight is 908 g/mol. The molecule has 4 saturated carbocycles. The molecule has 350 valence electrons. The van der Waals surface area contributed by atoms with Crippen LogP contribution in [0.25, 0.3) is 0 Å². The lowest BCUT2D eigenvalue weighted by Gasteiger charge is -2.72. The highest BCUT2D eigenvalue weighted by Crippen LogP contribution is 2.76. The third-order valence-electron chi connectivity index (χ3n) is 19.1. The summed E-state index contributed by atoms with van der Waals surface area (Å²) in [5.74, 6) is 2.85. The topological polar surface area (TPSA) is 124 Å². The number of thiazole rings is 1. The van der Waals surface area contributed by atoms with Crippen molar-refractivity contribution in [1.29, 1.82) is 0 Å². The molecule has 5 fully saturated rings. The van der Waals surface area contributed by atoms with E-state index >= 15 is 0 Å². The average Bonchev–Trinajstić information content (AvgIpc) is 3.87. The van der Waals surface area contributed by atoms with Crippen LogP contribution >= 0.6 is 11.3 Å². The summed E-state index contributed by atoms with van der Waals surface area (Å²) >= 11 is 1.24. The lowest BCUT2D eigenvalue weighted by molar-refractivity contribution is -0.221. The van der Waals surface area contributed by atoms with Gasteiger partial charge in [0, 0.05) is 37.1 Å². The van der Waals surface area contributed by atoms with Crippen LogP contribution in [0.1, 0.15) is 143 Å². The third-order valence-corrected chi connectivity index (χ3v) is 21.5. The van der Waals surface area contributed by atoms with E-state index in [0.29, 0.717) is 67.3 Å². The maximum absolute atomic E-state index is 13.7. The van der Waals surface area contributed by atoms with E-state index in [9.17, 15) is 18.0 Å². The van der Waals surface area contributed by atoms with E-state index in [-0.39, 0.29) is 63.6 Å². The SMILES string of the molecule is C=C(C)C1CC[C@]2(NCCN3CCS(=O)(=O)CC3)CC[C@]3(C)[C@H](CCC4[C@@]5(C)CC=C(C6=CCC(COc7nc(C(=O)OCC)cs7)(C(=O)OCC)CC6)C(C)(C)C5CC[C@]43C)C12. The van der Waals surface area contributed by atoms with Gasteiger partial charge in [0.15, 0.2) is 15.5 Å². The molecule has 6 aliphatic carbocycles. The molecule has 1 aromatic rings. The van der Waals surface area contributed by atoms with Crippen molar-refractivity contribution in [3.63, 3.8) is 0 Å². The number of nitrogens with zero attached hydrogens (tertiary/aromatic N) is 2. The second-order valence-corrected chi connectivity index (χ2v) is 25.4. The smallest absolute Gasteiger partial charge is 0.357 e. The minimum atomic E-state index is -2.88. The van der Waals surface area contributed by atoms with Crippen LogP contribution in [0.3, 0.4) is 0 Å². The van der Waals surface area contributed by atoms with Gasteiger partial charge in [-0.2, -0.15) is 4.98 Å². The van der Waals surface area contributed by atoms with E-state index < -0.39 is 21.2 Å².